The number of benzene rings is 1. The van der Waals surface area contributed by atoms with E-state index >= 15 is 0 Å². The summed E-state index contributed by atoms with van der Waals surface area (Å²) < 4.78 is 12.1. The molecule has 0 saturated heterocycles. The molecule has 1 aromatic rings. The first-order valence-corrected chi connectivity index (χ1v) is 9.92. The van der Waals surface area contributed by atoms with E-state index in [-0.39, 0.29) is 23.8 Å². The van der Waals surface area contributed by atoms with Crippen molar-refractivity contribution in [3.8, 4) is 11.5 Å². The molecule has 0 fully saturated rings. The van der Waals surface area contributed by atoms with Crippen molar-refractivity contribution in [3.05, 3.63) is 22.2 Å². The summed E-state index contributed by atoms with van der Waals surface area (Å²) in [6, 6.07) is 3.81. The van der Waals surface area contributed by atoms with Gasteiger partial charge < -0.3 is 19.7 Å². The molecule has 0 bridgehead atoms. The van der Waals surface area contributed by atoms with Crippen LogP contribution in [0.2, 0.25) is 0 Å². The Morgan fingerprint density at radius 2 is 1.73 bits per heavy atom. The Kier molecular flexibility index (Phi) is 8.90. The van der Waals surface area contributed by atoms with E-state index in [1.807, 2.05) is 40.1 Å². The maximum Gasteiger partial charge on any atom is 0.224 e. The summed E-state index contributed by atoms with van der Waals surface area (Å²) in [6.45, 7) is 12.3. The highest BCUT2D eigenvalue weighted by molar-refractivity contribution is 9.10. The molecule has 1 rings (SSSR count). The van der Waals surface area contributed by atoms with Gasteiger partial charge in [-0.25, -0.2) is 0 Å². The average Bonchev–Trinajstić information content (AvgIpc) is 2.50. The van der Waals surface area contributed by atoms with E-state index in [0.717, 1.165) is 16.6 Å². The normalized spacial score (nSPS) is 12.8. The molecule has 1 N–H and O–H groups in total. The highest BCUT2D eigenvalue weighted by Gasteiger charge is 2.28. The number of amides is 1. The summed E-state index contributed by atoms with van der Waals surface area (Å²) in [6.07, 6.45) is 0.287. The van der Waals surface area contributed by atoms with Gasteiger partial charge in [0.2, 0.25) is 5.91 Å². The van der Waals surface area contributed by atoms with Gasteiger partial charge >= 0.3 is 0 Å². The second-order valence-electron chi connectivity index (χ2n) is 7.45. The van der Waals surface area contributed by atoms with E-state index in [4.69, 9.17) is 9.47 Å². The van der Waals surface area contributed by atoms with Gasteiger partial charge in [-0.3, -0.25) is 4.79 Å². The van der Waals surface area contributed by atoms with Gasteiger partial charge in [-0.15, -0.1) is 0 Å². The van der Waals surface area contributed by atoms with Crippen LogP contribution >= 0.6 is 15.9 Å². The molecule has 26 heavy (non-hydrogen) atoms. The van der Waals surface area contributed by atoms with E-state index in [2.05, 4.69) is 46.9 Å². The van der Waals surface area contributed by atoms with E-state index in [1.165, 1.54) is 0 Å². The first kappa shape index (κ1) is 22.8. The van der Waals surface area contributed by atoms with Crippen LogP contribution in [0.15, 0.2) is 16.6 Å². The summed E-state index contributed by atoms with van der Waals surface area (Å²) in [5, 5.41) is 3.13. The minimum absolute atomic E-state index is 0.00311. The van der Waals surface area contributed by atoms with Crippen molar-refractivity contribution in [3.63, 3.8) is 0 Å². The number of nitrogens with one attached hydrogen (secondary N) is 1. The van der Waals surface area contributed by atoms with Crippen LogP contribution < -0.4 is 14.8 Å². The first-order valence-electron chi connectivity index (χ1n) is 9.12. The second-order valence-corrected chi connectivity index (χ2v) is 8.30. The van der Waals surface area contributed by atoms with Crippen molar-refractivity contribution in [1.82, 2.24) is 10.2 Å². The SMILES string of the molecule is CCOc1cc(Br)c(CC(=O)NC(C)C(C)(C)CN(C)C)cc1OCC. The van der Waals surface area contributed by atoms with Crippen molar-refractivity contribution in [2.45, 2.75) is 47.1 Å². The Hall–Kier alpha value is -1.27. The monoisotopic (exact) mass is 428 g/mol. The largest absolute Gasteiger partial charge is 0.490 e. The smallest absolute Gasteiger partial charge is 0.224 e. The molecule has 0 heterocycles. The number of rotatable bonds is 10. The number of halogens is 1. The van der Waals surface area contributed by atoms with E-state index < -0.39 is 0 Å². The lowest BCUT2D eigenvalue weighted by atomic mass is 9.85. The summed E-state index contributed by atoms with van der Waals surface area (Å²) in [5.41, 5.74) is 0.859. The predicted octanol–water partition coefficient (Wildman–Crippen LogP) is 3.88. The first-order chi connectivity index (χ1) is 12.1. The van der Waals surface area contributed by atoms with E-state index in [1.54, 1.807) is 0 Å². The summed E-state index contributed by atoms with van der Waals surface area (Å²) >= 11 is 3.55. The molecule has 1 aromatic carbocycles. The van der Waals surface area contributed by atoms with Crippen LogP contribution in [0, 0.1) is 5.41 Å². The van der Waals surface area contributed by atoms with Crippen LogP contribution in [0.5, 0.6) is 11.5 Å². The fourth-order valence-electron chi connectivity index (χ4n) is 2.86. The second kappa shape index (κ2) is 10.2. The topological polar surface area (TPSA) is 50.8 Å². The van der Waals surface area contributed by atoms with E-state index in [9.17, 15) is 4.79 Å². The van der Waals surface area contributed by atoms with Crippen molar-refractivity contribution in [2.75, 3.05) is 33.9 Å². The zero-order valence-corrected chi connectivity index (χ0v) is 18.7. The fourth-order valence-corrected chi connectivity index (χ4v) is 3.32. The number of hydrogen-bond donors (Lipinski definition) is 1. The van der Waals surface area contributed by atoms with Gasteiger partial charge in [0.15, 0.2) is 11.5 Å². The summed E-state index contributed by atoms with van der Waals surface area (Å²) in [5.74, 6) is 1.35. The Morgan fingerprint density at radius 1 is 1.19 bits per heavy atom. The molecule has 6 heteroatoms. The molecule has 0 aliphatic carbocycles. The Labute approximate surface area is 166 Å². The zero-order chi connectivity index (χ0) is 19.9. The van der Waals surface area contributed by atoms with Gasteiger partial charge in [0.05, 0.1) is 19.6 Å². The highest BCUT2D eigenvalue weighted by Crippen LogP contribution is 2.34. The molecule has 0 aliphatic heterocycles. The molecule has 0 radical (unpaired) electrons. The van der Waals surface area contributed by atoms with Gasteiger partial charge in [-0.1, -0.05) is 29.8 Å². The molecular formula is C20H33BrN2O3. The third-order valence-electron chi connectivity index (χ3n) is 4.34. The van der Waals surface area contributed by atoms with Crippen molar-refractivity contribution in [1.29, 1.82) is 0 Å². The molecular weight excluding hydrogens is 396 g/mol. The van der Waals surface area contributed by atoms with Crippen molar-refractivity contribution < 1.29 is 14.3 Å². The van der Waals surface area contributed by atoms with Crippen LogP contribution in [0.1, 0.15) is 40.2 Å². The minimum Gasteiger partial charge on any atom is -0.490 e. The minimum atomic E-state index is -0.0221. The van der Waals surface area contributed by atoms with Crippen LogP contribution in [0.4, 0.5) is 0 Å². The standard InChI is InChI=1S/C20H33BrN2O3/c1-8-25-17-10-15(16(21)12-18(17)26-9-2)11-19(24)22-14(3)20(4,5)13-23(6)7/h10,12,14H,8-9,11,13H2,1-7H3,(H,22,24). The Balaban J connectivity index is 2.87. The van der Waals surface area contributed by atoms with Crippen LogP contribution in [0.3, 0.4) is 0 Å². The number of nitrogens with zero attached hydrogens (tertiary/aromatic N) is 1. The maximum atomic E-state index is 12.6. The molecule has 148 valence electrons. The summed E-state index contributed by atoms with van der Waals surface area (Å²) in [7, 11) is 4.09. The van der Waals surface area contributed by atoms with Gasteiger partial charge in [0.1, 0.15) is 0 Å². The number of carbonyl (C=O) groups is 1. The molecule has 0 aromatic heterocycles. The van der Waals surface area contributed by atoms with Gasteiger partial charge in [0, 0.05) is 17.1 Å². The molecule has 5 nitrogen and oxygen atoms in total. The molecule has 0 aliphatic rings. The average molecular weight is 429 g/mol. The number of carbonyl (C=O) groups excluding carboxylic acids is 1. The fraction of sp³-hybridized carbons (Fsp3) is 0.650. The molecule has 1 atom stereocenters. The van der Waals surface area contributed by atoms with E-state index in [0.29, 0.717) is 24.7 Å². The Bertz CT molecular complexity index is 603. The molecule has 0 saturated carbocycles. The zero-order valence-electron chi connectivity index (χ0n) is 17.1. The van der Waals surface area contributed by atoms with Crippen molar-refractivity contribution in [2.24, 2.45) is 5.41 Å². The maximum absolute atomic E-state index is 12.6. The number of ether oxygens (including phenoxy) is 2. The van der Waals surface area contributed by atoms with Crippen LogP contribution in [-0.4, -0.2) is 50.7 Å². The van der Waals surface area contributed by atoms with Gasteiger partial charge in [-0.2, -0.15) is 0 Å². The highest BCUT2D eigenvalue weighted by atomic mass is 79.9. The predicted molar refractivity (Wildman–Crippen MR) is 110 cm³/mol. The lowest BCUT2D eigenvalue weighted by molar-refractivity contribution is -0.121. The van der Waals surface area contributed by atoms with Crippen LogP contribution in [0.25, 0.3) is 0 Å². The quantitative estimate of drug-likeness (QED) is 0.614. The van der Waals surface area contributed by atoms with Gasteiger partial charge in [-0.05, 0) is 58.0 Å². The third-order valence-corrected chi connectivity index (χ3v) is 5.08. The molecule has 1 amide bonds. The van der Waals surface area contributed by atoms with Gasteiger partial charge in [0.25, 0.3) is 0 Å². The number of hydrogen-bond acceptors (Lipinski definition) is 4. The van der Waals surface area contributed by atoms with Crippen LogP contribution in [-0.2, 0) is 11.2 Å². The third kappa shape index (κ3) is 6.80. The lowest BCUT2D eigenvalue weighted by Crippen LogP contribution is -2.47. The van der Waals surface area contributed by atoms with Crippen molar-refractivity contribution >= 4 is 21.8 Å². The molecule has 1 unspecified atom stereocenters. The lowest BCUT2D eigenvalue weighted by Gasteiger charge is -2.35. The molecule has 0 spiro atoms. The Morgan fingerprint density at radius 3 is 2.23 bits per heavy atom. The summed E-state index contributed by atoms with van der Waals surface area (Å²) in [4.78, 5) is 14.7.